The van der Waals surface area contributed by atoms with Crippen LogP contribution in [0.25, 0.3) is 0 Å². The van der Waals surface area contributed by atoms with E-state index in [0.717, 1.165) is 0 Å². The van der Waals surface area contributed by atoms with Gasteiger partial charge in [-0.15, -0.1) is 0 Å². The number of ether oxygens (including phenoxy) is 3. The summed E-state index contributed by atoms with van der Waals surface area (Å²) in [6.07, 6.45) is 0.236. The van der Waals surface area contributed by atoms with Crippen LogP contribution in [0.5, 0.6) is 0 Å². The van der Waals surface area contributed by atoms with Gasteiger partial charge in [0.1, 0.15) is 12.4 Å². The fourth-order valence-corrected chi connectivity index (χ4v) is 3.13. The van der Waals surface area contributed by atoms with Crippen molar-refractivity contribution in [3.63, 3.8) is 0 Å². The number of hydrogen-bond donors (Lipinski definition) is 0. The molecule has 3 rings (SSSR count). The first-order chi connectivity index (χ1) is 11.3. The van der Waals surface area contributed by atoms with Crippen molar-refractivity contribution in [3.05, 3.63) is 41.7 Å². The second kappa shape index (κ2) is 5.67. The smallest absolute Gasteiger partial charge is 0.334 e. The summed E-state index contributed by atoms with van der Waals surface area (Å²) < 4.78 is 16.7. The Hall–Kier alpha value is -2.83. The van der Waals surface area contributed by atoms with Gasteiger partial charge in [0.2, 0.25) is 17.7 Å². The Morgan fingerprint density at radius 3 is 2.67 bits per heavy atom. The van der Waals surface area contributed by atoms with Crippen LogP contribution >= 0.6 is 0 Å². The molecule has 7 heteroatoms. The van der Waals surface area contributed by atoms with Crippen molar-refractivity contribution in [1.82, 2.24) is 0 Å². The number of rotatable bonds is 1. The van der Waals surface area contributed by atoms with E-state index in [1.54, 1.807) is 31.2 Å². The highest BCUT2D eigenvalue weighted by molar-refractivity contribution is 5.95. The maximum absolute atomic E-state index is 12.2. The predicted molar refractivity (Wildman–Crippen MR) is 82.6 cm³/mol. The fourth-order valence-electron chi connectivity index (χ4n) is 3.13. The molecule has 0 N–H and O–H groups in total. The normalized spacial score (nSPS) is 27.5. The number of fused-ring (bicyclic) bond motifs is 3. The largest absolute Gasteiger partial charge is 0.470 e. The Bertz CT molecular complexity index is 755. The van der Waals surface area contributed by atoms with E-state index in [1.165, 1.54) is 24.8 Å². The van der Waals surface area contributed by atoms with Gasteiger partial charge in [0.05, 0.1) is 11.8 Å². The Morgan fingerprint density at radius 1 is 1.29 bits per heavy atom. The molecule has 2 atom stereocenters. The average Bonchev–Trinajstić information content (AvgIpc) is 2.74. The summed E-state index contributed by atoms with van der Waals surface area (Å²) in [5, 5.41) is 0. The van der Waals surface area contributed by atoms with E-state index in [-0.39, 0.29) is 18.3 Å². The van der Waals surface area contributed by atoms with Gasteiger partial charge in [-0.05, 0) is 13.0 Å². The molecule has 1 aromatic rings. The molecule has 0 bridgehead atoms. The van der Waals surface area contributed by atoms with Crippen LogP contribution in [0.2, 0.25) is 0 Å². The molecule has 0 aromatic heterocycles. The number of anilines is 1. The molecular weight excluding hydrogens is 314 g/mol. The van der Waals surface area contributed by atoms with Crippen LogP contribution in [0.15, 0.2) is 36.1 Å². The minimum atomic E-state index is -1.42. The number of hydrogen-bond acceptors (Lipinski definition) is 6. The third-order valence-electron chi connectivity index (χ3n) is 3.97. The average molecular weight is 331 g/mol. The molecule has 126 valence electrons. The summed E-state index contributed by atoms with van der Waals surface area (Å²) in [4.78, 5) is 37.2. The molecule has 24 heavy (non-hydrogen) atoms. The first-order valence-corrected chi connectivity index (χ1v) is 7.46. The summed E-state index contributed by atoms with van der Waals surface area (Å²) in [5.41, 5.74) is -0.302. The Kier molecular flexibility index (Phi) is 3.79. The first kappa shape index (κ1) is 16.0. The van der Waals surface area contributed by atoms with Crippen molar-refractivity contribution in [2.75, 3.05) is 11.5 Å². The summed E-state index contributed by atoms with van der Waals surface area (Å²) >= 11 is 0. The van der Waals surface area contributed by atoms with Crippen LogP contribution in [-0.4, -0.2) is 30.7 Å². The molecule has 2 heterocycles. The summed E-state index contributed by atoms with van der Waals surface area (Å²) in [5.74, 6) is -1.18. The highest BCUT2D eigenvalue weighted by Gasteiger charge is 2.58. The minimum Gasteiger partial charge on any atom is -0.470 e. The second-order valence-electron chi connectivity index (χ2n) is 5.72. The summed E-state index contributed by atoms with van der Waals surface area (Å²) in [7, 11) is 0. The van der Waals surface area contributed by atoms with E-state index in [9.17, 15) is 14.4 Å². The van der Waals surface area contributed by atoms with Crippen molar-refractivity contribution >= 4 is 23.5 Å². The molecule has 2 aliphatic heterocycles. The summed E-state index contributed by atoms with van der Waals surface area (Å²) in [6.45, 7) is 3.98. The predicted octanol–water partition coefficient (Wildman–Crippen LogP) is 1.61. The number of amides is 1. The first-order valence-electron chi connectivity index (χ1n) is 7.46. The fraction of sp³-hybridized carbons (Fsp3) is 0.353. The van der Waals surface area contributed by atoms with E-state index in [1.807, 2.05) is 0 Å². The standard InChI is InChI=1S/C17H17NO6/c1-10-8-15(21)22-9-17(24-12(3)20)13-6-4-5-7-14(13)18(11(2)19)16(17)23-10/h4-8,16H,9H2,1-3H3/b10-8-. The number of allylic oxidation sites excluding steroid dienone is 1. The minimum absolute atomic E-state index is 0.249. The maximum atomic E-state index is 12.2. The van der Waals surface area contributed by atoms with Gasteiger partial charge in [0.25, 0.3) is 0 Å². The van der Waals surface area contributed by atoms with Crippen LogP contribution in [0, 0.1) is 0 Å². The number of carbonyl (C=O) groups is 3. The van der Waals surface area contributed by atoms with Gasteiger partial charge in [0, 0.05) is 19.4 Å². The number of esters is 2. The zero-order valence-electron chi connectivity index (χ0n) is 13.6. The summed E-state index contributed by atoms with van der Waals surface area (Å²) in [6, 6.07) is 6.99. The SMILES string of the molecule is CC(=O)OC12COC(=O)/C=C(/C)OC1N(C(C)=O)c1ccccc12. The van der Waals surface area contributed by atoms with Crippen molar-refractivity contribution in [2.24, 2.45) is 0 Å². The lowest BCUT2D eigenvalue weighted by Crippen LogP contribution is -2.53. The number of nitrogens with zero attached hydrogens (tertiary/aromatic N) is 1. The van der Waals surface area contributed by atoms with E-state index >= 15 is 0 Å². The number of para-hydroxylation sites is 1. The highest BCUT2D eigenvalue weighted by Crippen LogP contribution is 2.48. The zero-order valence-corrected chi connectivity index (χ0v) is 13.6. The molecule has 0 radical (unpaired) electrons. The van der Waals surface area contributed by atoms with Gasteiger partial charge >= 0.3 is 11.9 Å². The zero-order chi connectivity index (χ0) is 17.5. The molecule has 1 amide bonds. The lowest BCUT2D eigenvalue weighted by Gasteiger charge is -2.37. The van der Waals surface area contributed by atoms with E-state index in [4.69, 9.17) is 14.2 Å². The molecule has 1 aromatic carbocycles. The molecule has 0 saturated heterocycles. The van der Waals surface area contributed by atoms with Gasteiger partial charge in [-0.1, -0.05) is 18.2 Å². The molecule has 2 aliphatic rings. The molecular formula is C17H17NO6. The van der Waals surface area contributed by atoms with Crippen LogP contribution in [0.4, 0.5) is 5.69 Å². The number of benzene rings is 1. The van der Waals surface area contributed by atoms with Crippen LogP contribution in [-0.2, 0) is 34.2 Å². The van der Waals surface area contributed by atoms with E-state index in [0.29, 0.717) is 11.3 Å². The van der Waals surface area contributed by atoms with Gasteiger partial charge < -0.3 is 14.2 Å². The molecule has 0 saturated carbocycles. The van der Waals surface area contributed by atoms with Gasteiger partial charge in [-0.25, -0.2) is 4.79 Å². The quantitative estimate of drug-likeness (QED) is 0.727. The maximum Gasteiger partial charge on any atom is 0.334 e. The van der Waals surface area contributed by atoms with Gasteiger partial charge in [-0.2, -0.15) is 0 Å². The van der Waals surface area contributed by atoms with Crippen LogP contribution in [0.3, 0.4) is 0 Å². The van der Waals surface area contributed by atoms with Crippen molar-refractivity contribution in [3.8, 4) is 0 Å². The third kappa shape index (κ3) is 2.42. The van der Waals surface area contributed by atoms with Crippen LogP contribution < -0.4 is 4.90 Å². The highest BCUT2D eigenvalue weighted by atomic mass is 16.6. The Morgan fingerprint density at radius 2 is 2.00 bits per heavy atom. The topological polar surface area (TPSA) is 82.1 Å². The van der Waals surface area contributed by atoms with Gasteiger partial charge in [-0.3, -0.25) is 14.5 Å². The molecule has 7 nitrogen and oxygen atoms in total. The molecule has 2 unspecified atom stereocenters. The second-order valence-corrected chi connectivity index (χ2v) is 5.72. The molecule has 0 aliphatic carbocycles. The lowest BCUT2D eigenvalue weighted by molar-refractivity contribution is -0.191. The number of carbonyl (C=O) groups excluding carboxylic acids is 3. The van der Waals surface area contributed by atoms with Crippen molar-refractivity contribution in [1.29, 1.82) is 0 Å². The monoisotopic (exact) mass is 331 g/mol. The van der Waals surface area contributed by atoms with Crippen molar-refractivity contribution < 1.29 is 28.6 Å². The molecule has 0 fully saturated rings. The van der Waals surface area contributed by atoms with Crippen molar-refractivity contribution in [2.45, 2.75) is 32.6 Å². The Labute approximate surface area is 138 Å². The number of cyclic esters (lactones) is 1. The van der Waals surface area contributed by atoms with E-state index in [2.05, 4.69) is 0 Å². The van der Waals surface area contributed by atoms with Crippen LogP contribution in [0.1, 0.15) is 26.3 Å². The van der Waals surface area contributed by atoms with E-state index < -0.39 is 23.8 Å². The lowest BCUT2D eigenvalue weighted by atomic mass is 9.94. The third-order valence-corrected chi connectivity index (χ3v) is 3.97. The Balaban J connectivity index is 2.23. The molecule has 0 spiro atoms. The van der Waals surface area contributed by atoms with Gasteiger partial charge in [0.15, 0.2) is 0 Å².